The zero-order valence-corrected chi connectivity index (χ0v) is 15.2. The Hall–Kier alpha value is -2.88. The van der Waals surface area contributed by atoms with Crippen molar-refractivity contribution in [1.82, 2.24) is 0 Å². The fourth-order valence-corrected chi connectivity index (χ4v) is 2.54. The first-order valence-corrected chi connectivity index (χ1v) is 8.75. The van der Waals surface area contributed by atoms with Crippen molar-refractivity contribution in [1.29, 1.82) is 0 Å². The molecule has 0 radical (unpaired) electrons. The van der Waals surface area contributed by atoms with Gasteiger partial charge in [0.2, 0.25) is 0 Å². The normalized spacial score (nSPS) is 11.7. The molecular formula is C22H24O4. The number of hydrogen-bond acceptors (Lipinski definition) is 4. The number of benzene rings is 2. The molecule has 0 aliphatic heterocycles. The molecule has 2 aromatic rings. The van der Waals surface area contributed by atoms with Gasteiger partial charge >= 0.3 is 11.9 Å². The third kappa shape index (κ3) is 5.06. The Kier molecular flexibility index (Phi) is 7.15. The molecule has 0 amide bonds. The summed E-state index contributed by atoms with van der Waals surface area (Å²) in [5, 5.41) is 0. The summed E-state index contributed by atoms with van der Waals surface area (Å²) < 4.78 is 11.0. The molecule has 0 N–H and O–H groups in total. The fraction of sp³-hybridized carbons (Fsp3) is 0.273. The molecule has 0 bridgehead atoms. The molecule has 0 fully saturated rings. The van der Waals surface area contributed by atoms with Crippen LogP contribution < -0.4 is 0 Å². The van der Waals surface area contributed by atoms with Crippen molar-refractivity contribution in [2.75, 3.05) is 0 Å². The molecule has 0 aliphatic carbocycles. The van der Waals surface area contributed by atoms with E-state index in [1.807, 2.05) is 67.6 Å². The van der Waals surface area contributed by atoms with Crippen molar-refractivity contribution in [3.63, 3.8) is 0 Å². The van der Waals surface area contributed by atoms with Gasteiger partial charge in [-0.25, -0.2) is 4.79 Å². The van der Waals surface area contributed by atoms with Crippen LogP contribution >= 0.6 is 0 Å². The quantitative estimate of drug-likeness (QED) is 0.514. The zero-order valence-electron chi connectivity index (χ0n) is 15.2. The van der Waals surface area contributed by atoms with Crippen molar-refractivity contribution in [2.24, 2.45) is 0 Å². The average molecular weight is 352 g/mol. The van der Waals surface area contributed by atoms with Crippen LogP contribution in [0.25, 0.3) is 0 Å². The van der Waals surface area contributed by atoms with E-state index in [1.54, 1.807) is 6.92 Å². The minimum atomic E-state index is -0.679. The summed E-state index contributed by atoms with van der Waals surface area (Å²) in [6.07, 6.45) is -0.528. The summed E-state index contributed by atoms with van der Waals surface area (Å²) >= 11 is 0. The highest BCUT2D eigenvalue weighted by atomic mass is 16.6. The van der Waals surface area contributed by atoms with Crippen molar-refractivity contribution in [3.8, 4) is 0 Å². The monoisotopic (exact) mass is 352 g/mol. The minimum Gasteiger partial charge on any atom is -0.457 e. The molecule has 2 aromatic carbocycles. The zero-order chi connectivity index (χ0) is 18.9. The lowest BCUT2D eigenvalue weighted by molar-refractivity contribution is -0.150. The lowest BCUT2D eigenvalue weighted by Gasteiger charge is -2.22. The van der Waals surface area contributed by atoms with Gasteiger partial charge in [0.25, 0.3) is 0 Å². The Morgan fingerprint density at radius 1 is 0.885 bits per heavy atom. The first-order valence-electron chi connectivity index (χ1n) is 8.75. The van der Waals surface area contributed by atoms with Gasteiger partial charge in [-0.05, 0) is 17.5 Å². The largest absolute Gasteiger partial charge is 0.457 e. The molecule has 0 saturated carbocycles. The Morgan fingerprint density at radius 2 is 1.38 bits per heavy atom. The maximum atomic E-state index is 12.7. The Balaban J connectivity index is 2.21. The molecule has 0 aromatic heterocycles. The molecule has 0 saturated heterocycles. The molecule has 2 rings (SSSR count). The Labute approximate surface area is 154 Å². The predicted molar refractivity (Wildman–Crippen MR) is 100 cm³/mol. The smallest absolute Gasteiger partial charge is 0.338 e. The molecular weight excluding hydrogens is 328 g/mol. The molecule has 1 atom stereocenters. The standard InChI is InChI=1S/C22H24O4/c1-4-19(25-20(23)5-2)16(3)22(24)26-21(17-12-8-6-9-13-17)18-14-10-7-11-15-18/h6-15,19,21H,3-5H2,1-2H3/t19-/m0/s1. The summed E-state index contributed by atoms with van der Waals surface area (Å²) in [7, 11) is 0. The van der Waals surface area contributed by atoms with Crippen molar-refractivity contribution < 1.29 is 19.1 Å². The first kappa shape index (κ1) is 19.4. The third-order valence-electron chi connectivity index (χ3n) is 4.01. The third-order valence-corrected chi connectivity index (χ3v) is 4.01. The van der Waals surface area contributed by atoms with Gasteiger partial charge in [0.1, 0.15) is 6.10 Å². The van der Waals surface area contributed by atoms with E-state index in [4.69, 9.17) is 9.47 Å². The van der Waals surface area contributed by atoms with E-state index in [0.29, 0.717) is 6.42 Å². The average Bonchev–Trinajstić information content (AvgIpc) is 2.70. The predicted octanol–water partition coefficient (Wildman–Crippen LogP) is 4.61. The topological polar surface area (TPSA) is 52.6 Å². The highest BCUT2D eigenvalue weighted by Gasteiger charge is 2.26. The van der Waals surface area contributed by atoms with Crippen LogP contribution in [0.2, 0.25) is 0 Å². The van der Waals surface area contributed by atoms with Gasteiger partial charge in [-0.1, -0.05) is 81.1 Å². The molecule has 0 aliphatic rings. The fourth-order valence-electron chi connectivity index (χ4n) is 2.54. The molecule has 4 heteroatoms. The van der Waals surface area contributed by atoms with E-state index >= 15 is 0 Å². The van der Waals surface area contributed by atoms with Crippen molar-refractivity contribution in [3.05, 3.63) is 83.9 Å². The van der Waals surface area contributed by atoms with Gasteiger partial charge in [-0.15, -0.1) is 0 Å². The van der Waals surface area contributed by atoms with Crippen LogP contribution in [0, 0.1) is 0 Å². The van der Waals surface area contributed by atoms with Gasteiger partial charge in [0.05, 0.1) is 5.57 Å². The van der Waals surface area contributed by atoms with E-state index < -0.39 is 18.2 Å². The molecule has 26 heavy (non-hydrogen) atoms. The molecule has 0 unspecified atom stereocenters. The van der Waals surface area contributed by atoms with Crippen LogP contribution in [-0.4, -0.2) is 18.0 Å². The lowest BCUT2D eigenvalue weighted by Crippen LogP contribution is -2.26. The number of rotatable bonds is 8. The number of esters is 2. The van der Waals surface area contributed by atoms with Crippen LogP contribution in [0.5, 0.6) is 0 Å². The second-order valence-electron chi connectivity index (χ2n) is 5.87. The minimum absolute atomic E-state index is 0.145. The highest BCUT2D eigenvalue weighted by molar-refractivity contribution is 5.89. The summed E-state index contributed by atoms with van der Waals surface area (Å²) in [4.78, 5) is 24.2. The maximum Gasteiger partial charge on any atom is 0.338 e. The van der Waals surface area contributed by atoms with Gasteiger partial charge in [-0.2, -0.15) is 0 Å². The molecule has 0 spiro atoms. The summed E-state index contributed by atoms with van der Waals surface area (Å²) in [5.41, 5.74) is 1.86. The lowest BCUT2D eigenvalue weighted by atomic mass is 10.0. The van der Waals surface area contributed by atoms with Gasteiger partial charge < -0.3 is 9.47 Å². The van der Waals surface area contributed by atoms with E-state index in [9.17, 15) is 9.59 Å². The first-order chi connectivity index (χ1) is 12.6. The van der Waals surface area contributed by atoms with Crippen LogP contribution in [0.4, 0.5) is 0 Å². The summed E-state index contributed by atoms with van der Waals surface area (Å²) in [6, 6.07) is 19.0. The molecule has 4 nitrogen and oxygen atoms in total. The molecule has 136 valence electrons. The van der Waals surface area contributed by atoms with E-state index in [1.165, 1.54) is 0 Å². The summed E-state index contributed by atoms with van der Waals surface area (Å²) in [5.74, 6) is -0.938. The second-order valence-corrected chi connectivity index (χ2v) is 5.87. The number of ether oxygens (including phenoxy) is 2. The van der Waals surface area contributed by atoms with Crippen LogP contribution in [0.3, 0.4) is 0 Å². The maximum absolute atomic E-state index is 12.7. The SMILES string of the molecule is C=C(C(=O)OC(c1ccccc1)c1ccccc1)[C@H](CC)OC(=O)CC. The molecule has 0 heterocycles. The van der Waals surface area contributed by atoms with Crippen molar-refractivity contribution >= 4 is 11.9 Å². The van der Waals surface area contributed by atoms with Crippen molar-refractivity contribution in [2.45, 2.75) is 38.9 Å². The Bertz CT molecular complexity index is 698. The number of carbonyl (C=O) groups is 2. The number of hydrogen-bond donors (Lipinski definition) is 0. The van der Waals surface area contributed by atoms with E-state index in [0.717, 1.165) is 11.1 Å². The van der Waals surface area contributed by atoms with Crippen LogP contribution in [0.1, 0.15) is 43.9 Å². The van der Waals surface area contributed by atoms with Gasteiger partial charge in [-0.3, -0.25) is 4.79 Å². The van der Waals surface area contributed by atoms with Gasteiger partial charge in [0.15, 0.2) is 6.10 Å². The highest BCUT2D eigenvalue weighted by Crippen LogP contribution is 2.27. The Morgan fingerprint density at radius 3 is 1.81 bits per heavy atom. The second kappa shape index (κ2) is 9.56. The van der Waals surface area contributed by atoms with Crippen LogP contribution in [0.15, 0.2) is 72.8 Å². The van der Waals surface area contributed by atoms with E-state index in [2.05, 4.69) is 6.58 Å². The van der Waals surface area contributed by atoms with Crippen LogP contribution in [-0.2, 0) is 19.1 Å². The van der Waals surface area contributed by atoms with Gasteiger partial charge in [0, 0.05) is 6.42 Å². The van der Waals surface area contributed by atoms with E-state index in [-0.39, 0.29) is 18.0 Å². The summed E-state index contributed by atoms with van der Waals surface area (Å²) in [6.45, 7) is 7.34. The number of carbonyl (C=O) groups excluding carboxylic acids is 2.